The second kappa shape index (κ2) is 5.72. The van der Waals surface area contributed by atoms with Crippen LogP contribution in [0.4, 0.5) is 5.82 Å². The van der Waals surface area contributed by atoms with Gasteiger partial charge < -0.3 is 9.32 Å². The highest BCUT2D eigenvalue weighted by Gasteiger charge is 2.18. The largest absolute Gasteiger partial charge is 0.468 e. The summed E-state index contributed by atoms with van der Waals surface area (Å²) >= 11 is 0. The van der Waals surface area contributed by atoms with Crippen LogP contribution < -0.4 is 4.90 Å². The molecule has 3 rings (SSSR count). The van der Waals surface area contributed by atoms with Crippen molar-refractivity contribution in [1.29, 1.82) is 5.26 Å². The number of furan rings is 1. The molecule has 1 aliphatic heterocycles. The van der Waals surface area contributed by atoms with Gasteiger partial charge in [0.05, 0.1) is 25.2 Å². The van der Waals surface area contributed by atoms with Crippen molar-refractivity contribution in [3.63, 3.8) is 0 Å². The average molecular weight is 269 g/mol. The maximum atomic E-state index is 8.71. The molecule has 1 saturated heterocycles. The van der Waals surface area contributed by atoms with Crippen molar-refractivity contribution in [2.24, 2.45) is 0 Å². The molecule has 0 spiro atoms. The van der Waals surface area contributed by atoms with E-state index in [1.54, 1.807) is 12.5 Å². The molecule has 2 aromatic heterocycles. The van der Waals surface area contributed by atoms with Crippen LogP contribution in [0.1, 0.15) is 11.5 Å². The molecule has 102 valence electrons. The topological polar surface area (TPSA) is 69.2 Å². The van der Waals surface area contributed by atoms with Gasteiger partial charge in [-0.1, -0.05) is 0 Å². The number of aromatic nitrogens is 2. The SMILES string of the molecule is N#Cc1cnc(N2CCN(Cc3ccco3)CC2)cn1. The lowest BCUT2D eigenvalue weighted by Gasteiger charge is -2.34. The fraction of sp³-hybridized carbons (Fsp3) is 0.357. The minimum absolute atomic E-state index is 0.352. The zero-order valence-electron chi connectivity index (χ0n) is 11.1. The lowest BCUT2D eigenvalue weighted by atomic mass is 10.3. The van der Waals surface area contributed by atoms with Crippen molar-refractivity contribution >= 4 is 5.82 Å². The van der Waals surface area contributed by atoms with E-state index in [0.717, 1.165) is 44.3 Å². The van der Waals surface area contributed by atoms with E-state index in [4.69, 9.17) is 9.68 Å². The van der Waals surface area contributed by atoms with Gasteiger partial charge in [0.15, 0.2) is 5.69 Å². The van der Waals surface area contributed by atoms with Crippen LogP contribution in [-0.4, -0.2) is 41.0 Å². The van der Waals surface area contributed by atoms with E-state index < -0.39 is 0 Å². The summed E-state index contributed by atoms with van der Waals surface area (Å²) in [6.45, 7) is 4.58. The number of rotatable bonds is 3. The van der Waals surface area contributed by atoms with Crippen molar-refractivity contribution in [1.82, 2.24) is 14.9 Å². The Kier molecular flexibility index (Phi) is 3.61. The van der Waals surface area contributed by atoms with Gasteiger partial charge in [0, 0.05) is 26.2 Å². The molecule has 0 unspecified atom stereocenters. The van der Waals surface area contributed by atoms with E-state index in [9.17, 15) is 0 Å². The van der Waals surface area contributed by atoms with Gasteiger partial charge >= 0.3 is 0 Å². The van der Waals surface area contributed by atoms with E-state index >= 15 is 0 Å². The maximum absolute atomic E-state index is 8.71. The maximum Gasteiger partial charge on any atom is 0.158 e. The Bertz CT molecular complexity index is 579. The van der Waals surface area contributed by atoms with E-state index in [0.29, 0.717) is 5.69 Å². The molecule has 0 N–H and O–H groups in total. The molecule has 0 radical (unpaired) electrons. The van der Waals surface area contributed by atoms with Crippen LogP contribution in [0.5, 0.6) is 0 Å². The zero-order valence-corrected chi connectivity index (χ0v) is 11.1. The first-order valence-electron chi connectivity index (χ1n) is 6.57. The van der Waals surface area contributed by atoms with Crippen LogP contribution in [0, 0.1) is 11.3 Å². The number of anilines is 1. The summed E-state index contributed by atoms with van der Waals surface area (Å²) in [4.78, 5) is 12.9. The fourth-order valence-corrected chi connectivity index (χ4v) is 2.30. The third-order valence-corrected chi connectivity index (χ3v) is 3.41. The standard InChI is InChI=1S/C14H15N5O/c15-8-12-9-17-14(10-16-12)19-5-3-18(4-6-19)11-13-2-1-7-20-13/h1-2,7,9-10H,3-6,11H2. The van der Waals surface area contributed by atoms with Gasteiger partial charge in [-0.05, 0) is 12.1 Å². The molecule has 3 heterocycles. The summed E-state index contributed by atoms with van der Waals surface area (Å²) < 4.78 is 5.37. The molecule has 0 atom stereocenters. The molecule has 0 bridgehead atoms. The van der Waals surface area contributed by atoms with Crippen LogP contribution in [-0.2, 0) is 6.54 Å². The summed E-state index contributed by atoms with van der Waals surface area (Å²) in [7, 11) is 0. The molecule has 0 aliphatic carbocycles. The third-order valence-electron chi connectivity index (χ3n) is 3.41. The second-order valence-electron chi connectivity index (χ2n) is 4.71. The molecule has 6 heteroatoms. The van der Waals surface area contributed by atoms with E-state index in [1.165, 1.54) is 6.20 Å². The Hall–Kier alpha value is -2.39. The highest BCUT2D eigenvalue weighted by Crippen LogP contribution is 2.14. The normalized spacial score (nSPS) is 16.1. The summed E-state index contributed by atoms with van der Waals surface area (Å²) in [5.41, 5.74) is 0.352. The molecular weight excluding hydrogens is 254 g/mol. The van der Waals surface area contributed by atoms with Crippen LogP contribution in [0.15, 0.2) is 35.2 Å². The molecule has 2 aromatic rings. The fourth-order valence-electron chi connectivity index (χ4n) is 2.30. The predicted octanol–water partition coefficient (Wildman–Crippen LogP) is 1.26. The molecule has 20 heavy (non-hydrogen) atoms. The first-order valence-corrected chi connectivity index (χ1v) is 6.57. The van der Waals surface area contributed by atoms with Gasteiger partial charge in [-0.3, -0.25) is 4.90 Å². The minimum atomic E-state index is 0.352. The average Bonchev–Trinajstić information content (AvgIpc) is 3.01. The van der Waals surface area contributed by atoms with Gasteiger partial charge in [0.1, 0.15) is 17.6 Å². The highest BCUT2D eigenvalue weighted by molar-refractivity contribution is 5.37. The second-order valence-corrected chi connectivity index (χ2v) is 4.71. The molecule has 0 saturated carbocycles. The van der Waals surface area contributed by atoms with E-state index in [2.05, 4.69) is 19.8 Å². The molecule has 1 fully saturated rings. The lowest BCUT2D eigenvalue weighted by Crippen LogP contribution is -2.46. The number of hydrogen-bond donors (Lipinski definition) is 0. The lowest BCUT2D eigenvalue weighted by molar-refractivity contribution is 0.230. The number of nitriles is 1. The third kappa shape index (κ3) is 2.78. The molecular formula is C14H15N5O. The first kappa shape index (κ1) is 12.6. The number of piperazine rings is 1. The van der Waals surface area contributed by atoms with Gasteiger partial charge in [-0.15, -0.1) is 0 Å². The summed E-state index contributed by atoms with van der Waals surface area (Å²) in [6, 6.07) is 5.89. The van der Waals surface area contributed by atoms with Crippen molar-refractivity contribution in [2.45, 2.75) is 6.54 Å². The summed E-state index contributed by atoms with van der Waals surface area (Å²) in [5, 5.41) is 8.71. The van der Waals surface area contributed by atoms with Crippen LogP contribution in [0.3, 0.4) is 0 Å². The Labute approximate surface area is 117 Å². The molecule has 0 aromatic carbocycles. The monoisotopic (exact) mass is 269 g/mol. The van der Waals surface area contributed by atoms with Crippen LogP contribution >= 0.6 is 0 Å². The highest BCUT2D eigenvalue weighted by atomic mass is 16.3. The van der Waals surface area contributed by atoms with Crippen LogP contribution in [0.2, 0.25) is 0 Å². The number of hydrogen-bond acceptors (Lipinski definition) is 6. The molecule has 1 aliphatic rings. The number of nitrogens with zero attached hydrogens (tertiary/aromatic N) is 5. The van der Waals surface area contributed by atoms with E-state index in [-0.39, 0.29) is 0 Å². The minimum Gasteiger partial charge on any atom is -0.468 e. The zero-order chi connectivity index (χ0) is 13.8. The Morgan fingerprint density at radius 2 is 2.05 bits per heavy atom. The predicted molar refractivity (Wildman–Crippen MR) is 72.9 cm³/mol. The molecule has 6 nitrogen and oxygen atoms in total. The van der Waals surface area contributed by atoms with Gasteiger partial charge in [0.2, 0.25) is 0 Å². The van der Waals surface area contributed by atoms with E-state index in [1.807, 2.05) is 18.2 Å². The van der Waals surface area contributed by atoms with Crippen molar-refractivity contribution < 1.29 is 4.42 Å². The summed E-state index contributed by atoms with van der Waals surface area (Å²) in [5.74, 6) is 1.83. The van der Waals surface area contributed by atoms with Gasteiger partial charge in [-0.2, -0.15) is 5.26 Å². The quantitative estimate of drug-likeness (QED) is 0.835. The Morgan fingerprint density at radius 3 is 2.65 bits per heavy atom. The van der Waals surface area contributed by atoms with Crippen molar-refractivity contribution in [3.05, 3.63) is 42.2 Å². The Balaban J connectivity index is 1.56. The smallest absolute Gasteiger partial charge is 0.158 e. The van der Waals surface area contributed by atoms with Gasteiger partial charge in [-0.25, -0.2) is 9.97 Å². The summed E-state index contributed by atoms with van der Waals surface area (Å²) in [6.07, 6.45) is 4.89. The van der Waals surface area contributed by atoms with Gasteiger partial charge in [0.25, 0.3) is 0 Å². The van der Waals surface area contributed by atoms with Crippen LogP contribution in [0.25, 0.3) is 0 Å². The molecule has 0 amide bonds. The van der Waals surface area contributed by atoms with Crippen molar-refractivity contribution in [3.8, 4) is 6.07 Å². The first-order chi connectivity index (χ1) is 9.85. The van der Waals surface area contributed by atoms with Crippen molar-refractivity contribution in [2.75, 3.05) is 31.1 Å². The Morgan fingerprint density at radius 1 is 1.20 bits per heavy atom.